The van der Waals surface area contributed by atoms with E-state index in [2.05, 4.69) is 17.4 Å². The lowest BCUT2D eigenvalue weighted by molar-refractivity contribution is -0.126. The molecule has 2 heterocycles. The fourth-order valence-corrected chi connectivity index (χ4v) is 5.04. The van der Waals surface area contributed by atoms with Crippen molar-refractivity contribution in [2.75, 3.05) is 32.8 Å². The van der Waals surface area contributed by atoms with E-state index in [1.165, 1.54) is 4.31 Å². The van der Waals surface area contributed by atoms with E-state index in [9.17, 15) is 13.2 Å². The van der Waals surface area contributed by atoms with Crippen LogP contribution in [0.4, 0.5) is 0 Å². The van der Waals surface area contributed by atoms with Crippen molar-refractivity contribution in [1.29, 1.82) is 0 Å². The molecule has 0 saturated carbocycles. The van der Waals surface area contributed by atoms with Crippen LogP contribution in [-0.4, -0.2) is 56.6 Å². The molecule has 9 heteroatoms. The molecular weight excluding hydrogens is 370 g/mol. The number of sulfonamides is 1. The highest BCUT2D eigenvalue weighted by atomic mass is 32.2. The maximum atomic E-state index is 12.9. The highest BCUT2D eigenvalue weighted by molar-refractivity contribution is 7.89. The molecule has 2 rings (SSSR count). The summed E-state index contributed by atoms with van der Waals surface area (Å²) in [7, 11) is -3.71. The average molecular weight is 402 g/mol. The molecule has 1 unspecified atom stereocenters. The normalized spacial score (nSPS) is 18.6. The number of nitrogens with zero attached hydrogens (tertiary/aromatic N) is 2. The molecule has 1 aliphatic heterocycles. The standard InChI is InChI=1S/C18H31N3O5S/c1-4-5-11-25-12-7-9-19-18(22)16-8-6-10-21(13-16)27(23,24)17-14(2)20-26-15(17)3/h16H,4-13H2,1-3H3,(H,19,22). The Bertz CT molecular complexity index is 697. The second-order valence-corrected chi connectivity index (χ2v) is 8.84. The second kappa shape index (κ2) is 10.2. The van der Waals surface area contributed by atoms with Gasteiger partial charge in [-0.05, 0) is 39.5 Å². The number of unbranched alkanes of at least 4 members (excludes halogenated alkanes) is 1. The van der Waals surface area contributed by atoms with Crippen molar-refractivity contribution < 1.29 is 22.5 Å². The van der Waals surface area contributed by atoms with Crippen molar-refractivity contribution >= 4 is 15.9 Å². The Morgan fingerprint density at radius 3 is 2.74 bits per heavy atom. The SMILES string of the molecule is CCCCOCCCNC(=O)C1CCCN(S(=O)(=O)c2c(C)noc2C)C1. The van der Waals surface area contributed by atoms with Crippen molar-refractivity contribution in [2.45, 2.75) is 57.8 Å². The van der Waals surface area contributed by atoms with Gasteiger partial charge in [-0.1, -0.05) is 18.5 Å². The van der Waals surface area contributed by atoms with Crippen LogP contribution in [0, 0.1) is 19.8 Å². The van der Waals surface area contributed by atoms with Gasteiger partial charge in [0, 0.05) is 32.8 Å². The minimum Gasteiger partial charge on any atom is -0.381 e. The van der Waals surface area contributed by atoms with E-state index in [4.69, 9.17) is 9.26 Å². The second-order valence-electron chi connectivity index (χ2n) is 6.97. The van der Waals surface area contributed by atoms with Crippen LogP contribution in [0.2, 0.25) is 0 Å². The molecule has 154 valence electrons. The van der Waals surface area contributed by atoms with Gasteiger partial charge < -0.3 is 14.6 Å². The summed E-state index contributed by atoms with van der Waals surface area (Å²) in [4.78, 5) is 12.5. The molecule has 1 fully saturated rings. The van der Waals surface area contributed by atoms with Crippen molar-refractivity contribution in [3.8, 4) is 0 Å². The monoisotopic (exact) mass is 401 g/mol. The topological polar surface area (TPSA) is 102 Å². The number of aromatic nitrogens is 1. The van der Waals surface area contributed by atoms with Crippen LogP contribution in [0.5, 0.6) is 0 Å². The van der Waals surface area contributed by atoms with Crippen molar-refractivity contribution in [3.63, 3.8) is 0 Å². The van der Waals surface area contributed by atoms with E-state index < -0.39 is 10.0 Å². The number of nitrogens with one attached hydrogen (secondary N) is 1. The molecule has 0 radical (unpaired) electrons. The number of hydrogen-bond donors (Lipinski definition) is 1. The summed E-state index contributed by atoms with van der Waals surface area (Å²) in [5.41, 5.74) is 0.349. The summed E-state index contributed by atoms with van der Waals surface area (Å²) in [6.07, 6.45) is 4.24. The van der Waals surface area contributed by atoms with E-state index >= 15 is 0 Å². The zero-order valence-electron chi connectivity index (χ0n) is 16.5. The molecule has 1 aromatic rings. The van der Waals surface area contributed by atoms with Gasteiger partial charge in [-0.25, -0.2) is 8.42 Å². The first-order valence-electron chi connectivity index (χ1n) is 9.66. The molecule has 1 atom stereocenters. The van der Waals surface area contributed by atoms with Gasteiger partial charge in [0.2, 0.25) is 15.9 Å². The number of hydrogen-bond acceptors (Lipinski definition) is 6. The maximum Gasteiger partial charge on any atom is 0.248 e. The van der Waals surface area contributed by atoms with E-state index in [-0.39, 0.29) is 29.0 Å². The van der Waals surface area contributed by atoms with Crippen LogP contribution < -0.4 is 5.32 Å². The Hall–Kier alpha value is -1.45. The molecule has 1 saturated heterocycles. The first-order chi connectivity index (χ1) is 12.9. The summed E-state index contributed by atoms with van der Waals surface area (Å²) < 4.78 is 37.7. The van der Waals surface area contributed by atoms with Gasteiger partial charge in [-0.3, -0.25) is 4.79 Å². The summed E-state index contributed by atoms with van der Waals surface area (Å²) in [5, 5.41) is 6.64. The average Bonchev–Trinajstić information content (AvgIpc) is 3.00. The van der Waals surface area contributed by atoms with Crippen molar-refractivity contribution in [3.05, 3.63) is 11.5 Å². The Labute approximate surface area is 161 Å². The molecule has 0 aromatic carbocycles. The Morgan fingerprint density at radius 2 is 2.07 bits per heavy atom. The molecule has 8 nitrogen and oxygen atoms in total. The highest BCUT2D eigenvalue weighted by Gasteiger charge is 2.36. The minimum absolute atomic E-state index is 0.0952. The third-order valence-corrected chi connectivity index (χ3v) is 6.84. The highest BCUT2D eigenvalue weighted by Crippen LogP contribution is 2.27. The van der Waals surface area contributed by atoms with Gasteiger partial charge in [0.1, 0.15) is 10.6 Å². The fourth-order valence-electron chi connectivity index (χ4n) is 3.23. The van der Waals surface area contributed by atoms with Gasteiger partial charge in [0.25, 0.3) is 0 Å². The van der Waals surface area contributed by atoms with E-state index in [0.29, 0.717) is 38.2 Å². The van der Waals surface area contributed by atoms with E-state index in [1.807, 2.05) is 0 Å². The number of carbonyl (C=O) groups is 1. The van der Waals surface area contributed by atoms with Crippen LogP contribution in [-0.2, 0) is 19.6 Å². The van der Waals surface area contributed by atoms with Gasteiger partial charge in [0.05, 0.1) is 5.92 Å². The first-order valence-corrected chi connectivity index (χ1v) is 11.1. The number of amides is 1. The van der Waals surface area contributed by atoms with Gasteiger partial charge >= 0.3 is 0 Å². The molecule has 1 aliphatic rings. The number of carbonyl (C=O) groups excluding carboxylic acids is 1. The molecule has 1 amide bonds. The van der Waals surface area contributed by atoms with Crippen molar-refractivity contribution in [2.24, 2.45) is 5.92 Å². The van der Waals surface area contributed by atoms with Gasteiger partial charge in [0.15, 0.2) is 5.76 Å². The Morgan fingerprint density at radius 1 is 1.33 bits per heavy atom. The van der Waals surface area contributed by atoms with Crippen LogP contribution in [0.25, 0.3) is 0 Å². The van der Waals surface area contributed by atoms with Crippen LogP contribution >= 0.6 is 0 Å². The van der Waals surface area contributed by atoms with Crippen LogP contribution in [0.1, 0.15) is 50.5 Å². The number of rotatable bonds is 10. The van der Waals surface area contributed by atoms with Gasteiger partial charge in [-0.15, -0.1) is 0 Å². The van der Waals surface area contributed by atoms with E-state index in [0.717, 1.165) is 25.9 Å². The smallest absolute Gasteiger partial charge is 0.248 e. The summed E-state index contributed by atoms with van der Waals surface area (Å²) >= 11 is 0. The van der Waals surface area contributed by atoms with Crippen molar-refractivity contribution in [1.82, 2.24) is 14.8 Å². The van der Waals surface area contributed by atoms with E-state index in [1.54, 1.807) is 13.8 Å². The number of ether oxygens (including phenoxy) is 1. The maximum absolute atomic E-state index is 12.9. The zero-order valence-corrected chi connectivity index (χ0v) is 17.3. The molecule has 0 spiro atoms. The Balaban J connectivity index is 1.85. The predicted molar refractivity (Wildman–Crippen MR) is 101 cm³/mol. The van der Waals surface area contributed by atoms with Gasteiger partial charge in [-0.2, -0.15) is 4.31 Å². The lowest BCUT2D eigenvalue weighted by Crippen LogP contribution is -2.45. The molecule has 0 aliphatic carbocycles. The molecule has 0 bridgehead atoms. The first kappa shape index (κ1) is 21.8. The third kappa shape index (κ3) is 5.76. The Kier molecular flexibility index (Phi) is 8.25. The molecule has 27 heavy (non-hydrogen) atoms. The molecule has 1 N–H and O–H groups in total. The van der Waals surface area contributed by atoms with Crippen LogP contribution in [0.3, 0.4) is 0 Å². The largest absolute Gasteiger partial charge is 0.381 e. The predicted octanol–water partition coefficient (Wildman–Crippen LogP) is 2.02. The summed E-state index contributed by atoms with van der Waals surface area (Å²) in [6, 6.07) is 0. The molecular formula is C18H31N3O5S. The zero-order chi connectivity index (χ0) is 19.9. The summed E-state index contributed by atoms with van der Waals surface area (Å²) in [6.45, 7) is 7.82. The van der Waals surface area contributed by atoms with Crippen LogP contribution in [0.15, 0.2) is 9.42 Å². The lowest BCUT2D eigenvalue weighted by Gasteiger charge is -2.31. The molecule has 1 aromatic heterocycles. The summed E-state index contributed by atoms with van der Waals surface area (Å²) in [5.74, 6) is -0.153. The third-order valence-electron chi connectivity index (χ3n) is 4.73. The minimum atomic E-state index is -3.71. The number of aryl methyl sites for hydroxylation is 2. The lowest BCUT2D eigenvalue weighted by atomic mass is 9.99. The number of piperidine rings is 1. The quantitative estimate of drug-likeness (QED) is 0.602. The fraction of sp³-hybridized carbons (Fsp3) is 0.778.